The molecule has 1 aliphatic heterocycles. The first-order valence-corrected chi connectivity index (χ1v) is 12.3. The van der Waals surface area contributed by atoms with Crippen molar-refractivity contribution < 1.29 is 17.9 Å². The van der Waals surface area contributed by atoms with Crippen LogP contribution in [0.3, 0.4) is 0 Å². The van der Waals surface area contributed by atoms with Gasteiger partial charge in [0.05, 0.1) is 16.9 Å². The van der Waals surface area contributed by atoms with Gasteiger partial charge in [-0.2, -0.15) is 4.31 Å². The standard InChI is InChI=1S/C21H24N4O4S2/c1-4-29-21(26)18-15(3)17-19(22-13-23-20(17)30-18)24-9-11-25(12-10-24)31(27,28)16-7-5-14(2)6-8-16/h5-8,13H,4,9-12H2,1-3H3. The number of nitrogens with zero attached hydrogens (tertiary/aromatic N) is 4. The van der Waals surface area contributed by atoms with E-state index in [1.165, 1.54) is 22.0 Å². The molecule has 0 radical (unpaired) electrons. The van der Waals surface area contributed by atoms with Gasteiger partial charge in [0.15, 0.2) is 0 Å². The normalized spacial score (nSPS) is 15.4. The fourth-order valence-electron chi connectivity index (χ4n) is 3.68. The summed E-state index contributed by atoms with van der Waals surface area (Å²) >= 11 is 1.29. The van der Waals surface area contributed by atoms with Crippen molar-refractivity contribution in [2.45, 2.75) is 25.7 Å². The summed E-state index contributed by atoms with van der Waals surface area (Å²) in [4.78, 5) is 24.7. The summed E-state index contributed by atoms with van der Waals surface area (Å²) in [6, 6.07) is 6.91. The van der Waals surface area contributed by atoms with Gasteiger partial charge in [-0.1, -0.05) is 17.7 Å². The number of thiophene rings is 1. The molecule has 0 spiro atoms. The van der Waals surface area contributed by atoms with Crippen molar-refractivity contribution in [3.05, 3.63) is 46.6 Å². The first-order valence-electron chi connectivity index (χ1n) is 10.1. The van der Waals surface area contributed by atoms with Crippen LogP contribution in [0.25, 0.3) is 10.2 Å². The number of hydrogen-bond donors (Lipinski definition) is 0. The van der Waals surface area contributed by atoms with Crippen LogP contribution in [0.1, 0.15) is 27.7 Å². The van der Waals surface area contributed by atoms with Gasteiger partial charge in [0.1, 0.15) is 21.9 Å². The van der Waals surface area contributed by atoms with E-state index in [0.717, 1.165) is 27.2 Å². The van der Waals surface area contributed by atoms with E-state index >= 15 is 0 Å². The predicted molar refractivity (Wildman–Crippen MR) is 120 cm³/mol. The van der Waals surface area contributed by atoms with Crippen molar-refractivity contribution in [2.75, 3.05) is 37.7 Å². The Bertz CT molecular complexity index is 1210. The van der Waals surface area contributed by atoms with E-state index in [0.29, 0.717) is 42.6 Å². The van der Waals surface area contributed by atoms with E-state index in [4.69, 9.17) is 4.74 Å². The Kier molecular flexibility index (Phi) is 5.96. The lowest BCUT2D eigenvalue weighted by Crippen LogP contribution is -2.49. The third-order valence-corrected chi connectivity index (χ3v) is 8.46. The number of hydrogen-bond acceptors (Lipinski definition) is 8. The number of fused-ring (bicyclic) bond motifs is 1. The molecule has 1 fully saturated rings. The summed E-state index contributed by atoms with van der Waals surface area (Å²) in [5, 5.41) is 0.824. The SMILES string of the molecule is CCOC(=O)c1sc2ncnc(N3CCN(S(=O)(=O)c4ccc(C)cc4)CC3)c2c1C. The molecule has 3 heterocycles. The first-order chi connectivity index (χ1) is 14.8. The maximum absolute atomic E-state index is 13.0. The molecule has 0 atom stereocenters. The van der Waals surface area contributed by atoms with Crippen molar-refractivity contribution in [2.24, 2.45) is 0 Å². The Hall–Kier alpha value is -2.56. The molecular formula is C21H24N4O4S2. The largest absolute Gasteiger partial charge is 0.462 e. The zero-order valence-electron chi connectivity index (χ0n) is 17.7. The molecule has 31 heavy (non-hydrogen) atoms. The minimum absolute atomic E-state index is 0.308. The molecule has 0 bridgehead atoms. The van der Waals surface area contributed by atoms with Crippen LogP contribution in [-0.2, 0) is 14.8 Å². The van der Waals surface area contributed by atoms with Gasteiger partial charge in [-0.05, 0) is 38.5 Å². The lowest BCUT2D eigenvalue weighted by Gasteiger charge is -2.35. The molecule has 10 heteroatoms. The van der Waals surface area contributed by atoms with Crippen molar-refractivity contribution >= 4 is 43.4 Å². The van der Waals surface area contributed by atoms with E-state index in [1.54, 1.807) is 31.2 Å². The summed E-state index contributed by atoms with van der Waals surface area (Å²) in [5.74, 6) is 0.365. The molecular weight excluding hydrogens is 436 g/mol. The second-order valence-corrected chi connectivity index (χ2v) is 10.3. The third-order valence-electron chi connectivity index (χ3n) is 5.36. The van der Waals surface area contributed by atoms with Crippen LogP contribution in [0.2, 0.25) is 0 Å². The van der Waals surface area contributed by atoms with Gasteiger partial charge < -0.3 is 9.64 Å². The maximum Gasteiger partial charge on any atom is 0.348 e. The molecule has 0 saturated carbocycles. The van der Waals surface area contributed by atoms with Gasteiger partial charge in [0, 0.05) is 26.2 Å². The lowest BCUT2D eigenvalue weighted by atomic mass is 10.2. The van der Waals surface area contributed by atoms with Crippen LogP contribution in [0.5, 0.6) is 0 Å². The fourth-order valence-corrected chi connectivity index (χ4v) is 6.14. The van der Waals surface area contributed by atoms with Gasteiger partial charge in [-0.3, -0.25) is 0 Å². The quantitative estimate of drug-likeness (QED) is 0.541. The first kappa shape index (κ1) is 21.7. The lowest BCUT2D eigenvalue weighted by molar-refractivity contribution is 0.0531. The monoisotopic (exact) mass is 460 g/mol. The number of carbonyl (C=O) groups is 1. The fraction of sp³-hybridized carbons (Fsp3) is 0.381. The van der Waals surface area contributed by atoms with Gasteiger partial charge in [0.25, 0.3) is 0 Å². The Labute approximate surface area is 185 Å². The number of rotatable bonds is 5. The number of carbonyl (C=O) groups excluding carboxylic acids is 1. The highest BCUT2D eigenvalue weighted by Gasteiger charge is 2.30. The molecule has 0 N–H and O–H groups in total. The average Bonchev–Trinajstić information content (AvgIpc) is 3.11. The number of esters is 1. The van der Waals surface area contributed by atoms with Crippen molar-refractivity contribution in [1.29, 1.82) is 0 Å². The summed E-state index contributed by atoms with van der Waals surface area (Å²) < 4.78 is 32.6. The second-order valence-electron chi connectivity index (χ2n) is 7.36. The summed E-state index contributed by atoms with van der Waals surface area (Å²) in [7, 11) is -3.53. The van der Waals surface area contributed by atoms with Gasteiger partial charge in [0.2, 0.25) is 10.0 Å². The van der Waals surface area contributed by atoms with E-state index in [2.05, 4.69) is 14.9 Å². The Morgan fingerprint density at radius 3 is 2.42 bits per heavy atom. The van der Waals surface area contributed by atoms with Crippen molar-refractivity contribution in [3.8, 4) is 0 Å². The molecule has 8 nitrogen and oxygen atoms in total. The van der Waals surface area contributed by atoms with Crippen LogP contribution in [0.4, 0.5) is 5.82 Å². The average molecular weight is 461 g/mol. The number of benzene rings is 1. The Balaban J connectivity index is 1.58. The molecule has 164 valence electrons. The molecule has 3 aromatic rings. The van der Waals surface area contributed by atoms with E-state index < -0.39 is 10.0 Å². The van der Waals surface area contributed by atoms with E-state index in [1.807, 2.05) is 13.8 Å². The van der Waals surface area contributed by atoms with Crippen LogP contribution < -0.4 is 4.90 Å². The van der Waals surface area contributed by atoms with E-state index in [9.17, 15) is 13.2 Å². The molecule has 1 aromatic carbocycles. The molecule has 0 unspecified atom stereocenters. The predicted octanol–water partition coefficient (Wildman–Crippen LogP) is 3.00. The Morgan fingerprint density at radius 1 is 1.10 bits per heavy atom. The second kappa shape index (κ2) is 8.52. The van der Waals surface area contributed by atoms with Gasteiger partial charge >= 0.3 is 5.97 Å². The molecule has 4 rings (SSSR count). The minimum Gasteiger partial charge on any atom is -0.462 e. The number of aromatic nitrogens is 2. The third kappa shape index (κ3) is 4.02. The summed E-state index contributed by atoms with van der Waals surface area (Å²) in [6.07, 6.45) is 1.48. The van der Waals surface area contributed by atoms with E-state index in [-0.39, 0.29) is 5.97 Å². The van der Waals surface area contributed by atoms with Crippen LogP contribution in [0, 0.1) is 13.8 Å². The minimum atomic E-state index is -3.53. The topological polar surface area (TPSA) is 92.7 Å². The molecule has 0 amide bonds. The van der Waals surface area contributed by atoms with Crippen LogP contribution in [-0.4, -0.2) is 61.4 Å². The zero-order valence-corrected chi connectivity index (χ0v) is 19.3. The number of sulfonamides is 1. The van der Waals surface area contributed by atoms with Crippen molar-refractivity contribution in [3.63, 3.8) is 0 Å². The highest BCUT2D eigenvalue weighted by molar-refractivity contribution is 7.89. The van der Waals surface area contributed by atoms with Gasteiger partial charge in [-0.25, -0.2) is 23.2 Å². The number of ether oxygens (including phenoxy) is 1. The molecule has 1 aliphatic rings. The maximum atomic E-state index is 13.0. The van der Waals surface area contributed by atoms with Crippen LogP contribution in [0.15, 0.2) is 35.5 Å². The number of piperazine rings is 1. The van der Waals surface area contributed by atoms with Crippen LogP contribution >= 0.6 is 11.3 Å². The molecule has 0 aliphatic carbocycles. The number of aryl methyl sites for hydroxylation is 2. The Morgan fingerprint density at radius 2 is 1.77 bits per heavy atom. The zero-order chi connectivity index (χ0) is 22.2. The summed E-state index contributed by atoms with van der Waals surface area (Å²) in [5.41, 5.74) is 1.81. The highest BCUT2D eigenvalue weighted by Crippen LogP contribution is 2.35. The van der Waals surface area contributed by atoms with Gasteiger partial charge in [-0.15, -0.1) is 11.3 Å². The smallest absolute Gasteiger partial charge is 0.348 e. The highest BCUT2D eigenvalue weighted by atomic mass is 32.2. The molecule has 1 saturated heterocycles. The van der Waals surface area contributed by atoms with Crippen molar-refractivity contribution in [1.82, 2.24) is 14.3 Å². The number of anilines is 1. The summed E-state index contributed by atoms with van der Waals surface area (Å²) in [6.45, 7) is 7.60. The molecule has 2 aromatic heterocycles.